The summed E-state index contributed by atoms with van der Waals surface area (Å²) < 4.78 is 32.4. The lowest BCUT2D eigenvalue weighted by Crippen LogP contribution is -2.56. The molecule has 3 aromatic carbocycles. The number of nitriles is 1. The van der Waals surface area contributed by atoms with Crippen LogP contribution in [0.5, 0.6) is 0 Å². The molecule has 1 saturated heterocycles. The minimum atomic E-state index is -3.81. The molecular formula is C35H40N6O2S. The molecule has 9 heteroatoms. The number of aromatic nitrogens is 1. The Morgan fingerprint density at radius 1 is 0.818 bits per heavy atom. The fourth-order valence-electron chi connectivity index (χ4n) is 6.12. The van der Waals surface area contributed by atoms with Crippen LogP contribution in [-0.2, 0) is 36.3 Å². The summed E-state index contributed by atoms with van der Waals surface area (Å²) in [5.74, 6) is 0. The van der Waals surface area contributed by atoms with Crippen molar-refractivity contribution < 1.29 is 8.42 Å². The van der Waals surface area contributed by atoms with Gasteiger partial charge in [-0.1, -0.05) is 74.2 Å². The van der Waals surface area contributed by atoms with Crippen LogP contribution in [0, 0.1) is 11.3 Å². The maximum atomic E-state index is 14.5. The van der Waals surface area contributed by atoms with Gasteiger partial charge in [0.25, 0.3) is 10.2 Å². The zero-order valence-corrected chi connectivity index (χ0v) is 25.0. The average Bonchev–Trinajstić information content (AvgIpc) is 3.19. The summed E-state index contributed by atoms with van der Waals surface area (Å²) in [5.41, 5.74) is 5.67. The fourth-order valence-corrected chi connectivity index (χ4v) is 7.87. The van der Waals surface area contributed by atoms with E-state index in [4.69, 9.17) is 0 Å². The second-order valence-electron chi connectivity index (χ2n) is 11.3. The van der Waals surface area contributed by atoms with Crippen LogP contribution in [0.15, 0.2) is 103 Å². The van der Waals surface area contributed by atoms with E-state index in [0.717, 1.165) is 28.9 Å². The first-order chi connectivity index (χ1) is 21.0. The van der Waals surface area contributed by atoms with Gasteiger partial charge >= 0.3 is 0 Å². The highest BCUT2D eigenvalue weighted by Gasteiger charge is 2.40. The summed E-state index contributed by atoms with van der Waals surface area (Å²) in [6.07, 6.45) is 4.19. The molecule has 0 bridgehead atoms. The van der Waals surface area contributed by atoms with E-state index in [2.05, 4.69) is 45.1 Å². The molecule has 4 aromatic rings. The molecule has 1 fully saturated rings. The molecule has 0 saturated carbocycles. The molecule has 1 atom stereocenters. The van der Waals surface area contributed by atoms with Gasteiger partial charge < -0.3 is 4.90 Å². The quantitative estimate of drug-likeness (QED) is 0.277. The normalized spacial score (nSPS) is 18.1. The Kier molecular flexibility index (Phi) is 10.1. The van der Waals surface area contributed by atoms with Crippen molar-refractivity contribution in [2.75, 3.05) is 37.6 Å². The molecule has 3 heterocycles. The van der Waals surface area contributed by atoms with Crippen molar-refractivity contribution in [1.82, 2.24) is 18.5 Å². The molecule has 0 aliphatic carbocycles. The zero-order valence-electron chi connectivity index (χ0n) is 24.2. The molecule has 2 aliphatic heterocycles. The Hall–Kier alpha value is -4.07. The predicted octanol–water partition coefficient (Wildman–Crippen LogP) is 5.09. The van der Waals surface area contributed by atoms with Gasteiger partial charge in [-0.05, 0) is 52.9 Å². The summed E-state index contributed by atoms with van der Waals surface area (Å²) in [6, 6.07) is 31.9. The van der Waals surface area contributed by atoms with Gasteiger partial charge in [0, 0.05) is 76.5 Å². The summed E-state index contributed by atoms with van der Waals surface area (Å²) in [5, 5.41) is 9.70. The van der Waals surface area contributed by atoms with Crippen molar-refractivity contribution in [2.45, 2.75) is 39.5 Å². The van der Waals surface area contributed by atoms with Crippen LogP contribution in [0.1, 0.15) is 35.2 Å². The zero-order chi connectivity index (χ0) is 29.6. The lowest BCUT2D eigenvalue weighted by atomic mass is 10.1. The molecule has 0 unspecified atom stereocenters. The van der Waals surface area contributed by atoms with E-state index in [-0.39, 0.29) is 20.0 Å². The number of anilines is 1. The highest BCUT2D eigenvalue weighted by atomic mass is 32.2. The molecule has 0 radical (unpaired) electrons. The Bertz CT molecular complexity index is 1650. The third-order valence-electron chi connectivity index (χ3n) is 8.33. The summed E-state index contributed by atoms with van der Waals surface area (Å²) >= 11 is 0. The van der Waals surface area contributed by atoms with Crippen molar-refractivity contribution in [3.8, 4) is 6.07 Å². The molecule has 0 spiro atoms. The standard InChI is InChI=1S/C34H36N6O2S.CH4/c35-22-30-13-14-34-32(20-30)26-40(43(41,42)39-18-16-37(17-19-39)24-29-10-5-2-6-11-29)33(21-28-8-3-1-4-9-28)27-38(34)25-31-12-7-15-36-23-31;/h1-15,20,23,33H,16-19,21,24-27H2;1H4/t33-;/m1./s1. The van der Waals surface area contributed by atoms with Crippen LogP contribution in [-0.4, -0.2) is 65.7 Å². The van der Waals surface area contributed by atoms with Crippen molar-refractivity contribution in [3.63, 3.8) is 0 Å². The van der Waals surface area contributed by atoms with Gasteiger partial charge in [-0.2, -0.15) is 22.3 Å². The summed E-state index contributed by atoms with van der Waals surface area (Å²) in [6.45, 7) is 4.34. The van der Waals surface area contributed by atoms with Crippen molar-refractivity contribution in [1.29, 1.82) is 5.26 Å². The molecule has 8 nitrogen and oxygen atoms in total. The molecule has 228 valence electrons. The first kappa shape index (κ1) is 31.4. The highest BCUT2D eigenvalue weighted by molar-refractivity contribution is 7.86. The number of piperazine rings is 1. The minimum Gasteiger partial charge on any atom is -0.365 e. The maximum Gasteiger partial charge on any atom is 0.282 e. The van der Waals surface area contributed by atoms with Gasteiger partial charge in [0.15, 0.2) is 0 Å². The third-order valence-corrected chi connectivity index (χ3v) is 10.4. The topological polar surface area (TPSA) is 83.8 Å². The summed E-state index contributed by atoms with van der Waals surface area (Å²) in [4.78, 5) is 8.86. The Labute approximate surface area is 262 Å². The van der Waals surface area contributed by atoms with Gasteiger partial charge in [0.2, 0.25) is 0 Å². The van der Waals surface area contributed by atoms with Gasteiger partial charge in [0.05, 0.1) is 11.6 Å². The van der Waals surface area contributed by atoms with Crippen molar-refractivity contribution in [3.05, 3.63) is 131 Å². The number of fused-ring (bicyclic) bond motifs is 1. The van der Waals surface area contributed by atoms with Crippen LogP contribution < -0.4 is 4.90 Å². The number of hydrogen-bond acceptors (Lipinski definition) is 6. The molecule has 2 aliphatic rings. The van der Waals surface area contributed by atoms with E-state index in [1.165, 1.54) is 5.56 Å². The van der Waals surface area contributed by atoms with E-state index < -0.39 is 10.2 Å². The lowest BCUT2D eigenvalue weighted by molar-refractivity contribution is 0.170. The second-order valence-corrected chi connectivity index (χ2v) is 13.1. The predicted molar refractivity (Wildman–Crippen MR) is 175 cm³/mol. The molecule has 0 amide bonds. The molecule has 0 N–H and O–H groups in total. The van der Waals surface area contributed by atoms with Gasteiger partial charge in [0.1, 0.15) is 0 Å². The molecule has 1 aromatic heterocycles. The SMILES string of the molecule is C.N#Cc1ccc2c(c1)CN(S(=O)(=O)N1CCN(Cc3ccccc3)CC1)[C@H](Cc1ccccc1)CN2Cc1cccnc1. The van der Waals surface area contributed by atoms with Crippen LogP contribution in [0.4, 0.5) is 5.69 Å². The van der Waals surface area contributed by atoms with Crippen LogP contribution in [0.3, 0.4) is 0 Å². The first-order valence-corrected chi connectivity index (χ1v) is 16.1. The smallest absolute Gasteiger partial charge is 0.282 e. The largest absolute Gasteiger partial charge is 0.365 e. The second kappa shape index (κ2) is 14.1. The average molecular weight is 609 g/mol. The van der Waals surface area contributed by atoms with Crippen LogP contribution in [0.2, 0.25) is 0 Å². The monoisotopic (exact) mass is 608 g/mol. The van der Waals surface area contributed by atoms with E-state index in [0.29, 0.717) is 51.3 Å². The van der Waals surface area contributed by atoms with E-state index in [1.54, 1.807) is 14.8 Å². The van der Waals surface area contributed by atoms with E-state index >= 15 is 0 Å². The maximum absolute atomic E-state index is 14.5. The Balaban J connectivity index is 0.00000384. The van der Waals surface area contributed by atoms with Crippen molar-refractivity contribution >= 4 is 15.9 Å². The summed E-state index contributed by atoms with van der Waals surface area (Å²) in [7, 11) is -3.81. The van der Waals surface area contributed by atoms with Crippen LogP contribution in [0.25, 0.3) is 0 Å². The molecule has 6 rings (SSSR count). The van der Waals surface area contributed by atoms with E-state index in [1.807, 2.05) is 72.9 Å². The first-order valence-electron chi connectivity index (χ1n) is 14.7. The number of nitrogens with zero attached hydrogens (tertiary/aromatic N) is 6. The van der Waals surface area contributed by atoms with Gasteiger partial charge in [-0.15, -0.1) is 0 Å². The number of benzene rings is 3. The van der Waals surface area contributed by atoms with Crippen molar-refractivity contribution in [2.24, 2.45) is 0 Å². The number of rotatable bonds is 8. The lowest BCUT2D eigenvalue weighted by Gasteiger charge is -2.39. The van der Waals surface area contributed by atoms with Gasteiger partial charge in [-0.3, -0.25) is 9.88 Å². The Morgan fingerprint density at radius 3 is 2.16 bits per heavy atom. The van der Waals surface area contributed by atoms with E-state index in [9.17, 15) is 13.7 Å². The van der Waals surface area contributed by atoms with Gasteiger partial charge in [-0.25, -0.2) is 0 Å². The van der Waals surface area contributed by atoms with Crippen LogP contribution >= 0.6 is 0 Å². The molecular weight excluding hydrogens is 568 g/mol. The number of hydrogen-bond donors (Lipinski definition) is 0. The number of pyridine rings is 1. The fraction of sp³-hybridized carbons (Fsp3) is 0.314. The minimum absolute atomic E-state index is 0. The molecule has 44 heavy (non-hydrogen) atoms. The highest BCUT2D eigenvalue weighted by Crippen LogP contribution is 2.33. The Morgan fingerprint density at radius 2 is 1.50 bits per heavy atom. The third kappa shape index (κ3) is 7.17.